The molecule has 1 atom stereocenters. The Kier molecular flexibility index (Phi) is 1.61. The van der Waals surface area contributed by atoms with E-state index in [0.717, 1.165) is 6.04 Å². The van der Waals surface area contributed by atoms with Gasteiger partial charge in [0.2, 0.25) is 0 Å². The Bertz CT molecular complexity index is 278. The maximum atomic E-state index is 3.58. The van der Waals surface area contributed by atoms with Gasteiger partial charge in [0, 0.05) is 24.8 Å². The van der Waals surface area contributed by atoms with E-state index in [1.54, 1.807) is 0 Å². The second-order valence-electron chi connectivity index (χ2n) is 4.18. The fourth-order valence-corrected chi connectivity index (χ4v) is 2.71. The molecule has 0 aromatic carbocycles. The van der Waals surface area contributed by atoms with Crippen molar-refractivity contribution >= 4 is 0 Å². The molecule has 0 saturated carbocycles. The lowest BCUT2D eigenvalue weighted by Crippen LogP contribution is -2.43. The molecule has 3 aliphatic rings. The summed E-state index contributed by atoms with van der Waals surface area (Å²) >= 11 is 0. The van der Waals surface area contributed by atoms with E-state index in [1.165, 1.54) is 50.2 Å². The van der Waals surface area contributed by atoms with Crippen molar-refractivity contribution < 1.29 is 0 Å². The molecule has 0 radical (unpaired) electrons. The van der Waals surface area contributed by atoms with Gasteiger partial charge in [-0.1, -0.05) is 6.08 Å². The predicted molar refractivity (Wildman–Crippen MR) is 53.1 cm³/mol. The molecular weight excluding hydrogens is 160 g/mol. The molecule has 0 amide bonds. The zero-order chi connectivity index (χ0) is 8.67. The first-order chi connectivity index (χ1) is 6.45. The predicted octanol–water partition coefficient (Wildman–Crippen LogP) is 1.62. The van der Waals surface area contributed by atoms with E-state index in [4.69, 9.17) is 0 Å². The Labute approximate surface area is 79.3 Å². The van der Waals surface area contributed by atoms with Crippen LogP contribution in [0.25, 0.3) is 0 Å². The summed E-state index contributed by atoms with van der Waals surface area (Å²) in [5.41, 5.74) is 2.97. The van der Waals surface area contributed by atoms with Crippen LogP contribution in [0.1, 0.15) is 25.7 Å². The molecule has 0 bridgehead atoms. The summed E-state index contributed by atoms with van der Waals surface area (Å²) in [5.74, 6) is 0. The summed E-state index contributed by atoms with van der Waals surface area (Å²) < 4.78 is 0. The summed E-state index contributed by atoms with van der Waals surface area (Å²) in [6.07, 6.45) is 9.79. The second kappa shape index (κ2) is 2.79. The molecule has 1 fully saturated rings. The van der Waals surface area contributed by atoms with E-state index < -0.39 is 0 Å². The van der Waals surface area contributed by atoms with Crippen LogP contribution in [0.15, 0.2) is 23.5 Å². The van der Waals surface area contributed by atoms with Gasteiger partial charge in [-0.15, -0.1) is 0 Å². The highest BCUT2D eigenvalue weighted by Crippen LogP contribution is 2.30. The van der Waals surface area contributed by atoms with E-state index >= 15 is 0 Å². The van der Waals surface area contributed by atoms with Crippen LogP contribution < -0.4 is 5.32 Å². The van der Waals surface area contributed by atoms with Gasteiger partial charge >= 0.3 is 0 Å². The molecule has 2 heteroatoms. The van der Waals surface area contributed by atoms with Gasteiger partial charge in [0.15, 0.2) is 0 Å². The zero-order valence-corrected chi connectivity index (χ0v) is 7.92. The van der Waals surface area contributed by atoms with Crippen molar-refractivity contribution in [3.05, 3.63) is 23.5 Å². The first kappa shape index (κ1) is 7.48. The van der Waals surface area contributed by atoms with Crippen LogP contribution in [0.5, 0.6) is 0 Å². The number of hydrogen-bond donors (Lipinski definition) is 1. The average Bonchev–Trinajstić information content (AvgIpc) is 2.65. The number of fused-ring (bicyclic) bond motifs is 2. The molecule has 1 saturated heterocycles. The van der Waals surface area contributed by atoms with Crippen LogP contribution in [0.3, 0.4) is 0 Å². The number of hydrogen-bond acceptors (Lipinski definition) is 2. The van der Waals surface area contributed by atoms with Gasteiger partial charge in [0.05, 0.1) is 5.70 Å². The van der Waals surface area contributed by atoms with Crippen molar-refractivity contribution in [2.45, 2.75) is 31.7 Å². The molecule has 0 aromatic heterocycles. The molecular formula is C11H16N2. The molecule has 0 spiro atoms. The molecule has 3 rings (SSSR count). The highest BCUT2D eigenvalue weighted by molar-refractivity contribution is 5.31. The van der Waals surface area contributed by atoms with E-state index in [2.05, 4.69) is 22.4 Å². The van der Waals surface area contributed by atoms with E-state index in [9.17, 15) is 0 Å². The fourth-order valence-electron chi connectivity index (χ4n) is 2.71. The van der Waals surface area contributed by atoms with Crippen LogP contribution in [-0.2, 0) is 0 Å². The minimum Gasteiger partial charge on any atom is -0.385 e. The molecule has 1 unspecified atom stereocenters. The fraction of sp³-hybridized carbons (Fsp3) is 0.636. The number of rotatable bonds is 0. The van der Waals surface area contributed by atoms with Crippen molar-refractivity contribution in [1.82, 2.24) is 10.2 Å². The van der Waals surface area contributed by atoms with Gasteiger partial charge in [-0.05, 0) is 31.8 Å². The third-order valence-corrected chi connectivity index (χ3v) is 3.38. The molecule has 2 heterocycles. The minimum atomic E-state index is 0.779. The smallest absolute Gasteiger partial charge is 0.0559 e. The lowest BCUT2D eigenvalue weighted by molar-refractivity contribution is 0.291. The van der Waals surface area contributed by atoms with E-state index in [1.807, 2.05) is 0 Å². The van der Waals surface area contributed by atoms with Crippen LogP contribution in [-0.4, -0.2) is 24.0 Å². The third kappa shape index (κ3) is 1.08. The summed E-state index contributed by atoms with van der Waals surface area (Å²) in [5, 5.41) is 3.58. The molecule has 70 valence electrons. The number of nitrogens with zero attached hydrogens (tertiary/aromatic N) is 1. The zero-order valence-electron chi connectivity index (χ0n) is 7.92. The van der Waals surface area contributed by atoms with E-state index in [-0.39, 0.29) is 0 Å². The largest absolute Gasteiger partial charge is 0.385 e. The Morgan fingerprint density at radius 2 is 2.46 bits per heavy atom. The Hall–Kier alpha value is -0.920. The average molecular weight is 176 g/mol. The lowest BCUT2D eigenvalue weighted by Gasteiger charge is -2.36. The Morgan fingerprint density at radius 1 is 1.46 bits per heavy atom. The first-order valence-corrected chi connectivity index (χ1v) is 5.35. The molecule has 2 nitrogen and oxygen atoms in total. The van der Waals surface area contributed by atoms with Crippen molar-refractivity contribution in [2.24, 2.45) is 0 Å². The maximum Gasteiger partial charge on any atom is 0.0559 e. The van der Waals surface area contributed by atoms with Crippen LogP contribution in [0.4, 0.5) is 0 Å². The van der Waals surface area contributed by atoms with Gasteiger partial charge in [0.25, 0.3) is 0 Å². The van der Waals surface area contributed by atoms with Crippen molar-refractivity contribution in [1.29, 1.82) is 0 Å². The molecule has 2 aliphatic heterocycles. The highest BCUT2D eigenvalue weighted by Gasteiger charge is 2.30. The normalized spacial score (nSPS) is 31.4. The molecule has 0 aromatic rings. The van der Waals surface area contributed by atoms with Gasteiger partial charge in [-0.2, -0.15) is 0 Å². The topological polar surface area (TPSA) is 15.3 Å². The monoisotopic (exact) mass is 176 g/mol. The standard InChI is InChI=1S/C11H16N2/c1-2-6-11-10(5-1)12-8-9-4-3-7-13(9)11/h2,6,9,12H,1,3-5,7-8H2. The summed E-state index contributed by atoms with van der Waals surface area (Å²) in [4.78, 5) is 2.60. The number of nitrogens with one attached hydrogen (secondary N) is 1. The van der Waals surface area contributed by atoms with Crippen molar-refractivity contribution in [3.8, 4) is 0 Å². The van der Waals surface area contributed by atoms with E-state index in [0.29, 0.717) is 0 Å². The summed E-state index contributed by atoms with van der Waals surface area (Å²) in [6, 6.07) is 0.779. The molecule has 1 N–H and O–H groups in total. The van der Waals surface area contributed by atoms with Gasteiger partial charge in [-0.3, -0.25) is 0 Å². The maximum absolute atomic E-state index is 3.58. The Morgan fingerprint density at radius 3 is 3.46 bits per heavy atom. The van der Waals surface area contributed by atoms with Crippen LogP contribution in [0, 0.1) is 0 Å². The SMILES string of the molecule is C1=CC2=C(CC1)NCC1CCCN21. The summed E-state index contributed by atoms with van der Waals surface area (Å²) in [6.45, 7) is 2.45. The molecule has 1 aliphatic carbocycles. The van der Waals surface area contributed by atoms with Crippen molar-refractivity contribution in [3.63, 3.8) is 0 Å². The van der Waals surface area contributed by atoms with Gasteiger partial charge in [0.1, 0.15) is 0 Å². The lowest BCUT2D eigenvalue weighted by atomic mass is 10.0. The van der Waals surface area contributed by atoms with Gasteiger partial charge in [-0.25, -0.2) is 0 Å². The van der Waals surface area contributed by atoms with Crippen molar-refractivity contribution in [2.75, 3.05) is 13.1 Å². The minimum absolute atomic E-state index is 0.779. The second-order valence-corrected chi connectivity index (χ2v) is 4.18. The quantitative estimate of drug-likeness (QED) is 0.603. The summed E-state index contributed by atoms with van der Waals surface area (Å²) in [7, 11) is 0. The number of allylic oxidation sites excluding steroid dienone is 3. The third-order valence-electron chi connectivity index (χ3n) is 3.38. The van der Waals surface area contributed by atoms with Crippen LogP contribution in [0.2, 0.25) is 0 Å². The van der Waals surface area contributed by atoms with Crippen LogP contribution >= 0.6 is 0 Å². The Balaban J connectivity index is 1.96. The highest BCUT2D eigenvalue weighted by atomic mass is 15.2. The first-order valence-electron chi connectivity index (χ1n) is 5.35. The van der Waals surface area contributed by atoms with Gasteiger partial charge < -0.3 is 10.2 Å². The molecule has 13 heavy (non-hydrogen) atoms.